The van der Waals surface area contributed by atoms with E-state index >= 15 is 0 Å². The number of hydrogen-bond donors (Lipinski definition) is 0. The topological polar surface area (TPSA) is 38.2 Å². The Labute approximate surface area is 96.7 Å². The molecule has 1 fully saturated rings. The van der Waals surface area contributed by atoms with Crippen LogP contribution in [0.2, 0.25) is 0 Å². The van der Waals surface area contributed by atoms with E-state index in [1.807, 2.05) is 12.4 Å². The molecule has 0 amide bonds. The molecule has 4 nitrogen and oxygen atoms in total. The molecule has 1 aliphatic heterocycles. The van der Waals surface area contributed by atoms with E-state index < -0.39 is 0 Å². The number of hydrogen-bond acceptors (Lipinski definition) is 4. The highest BCUT2D eigenvalue weighted by Gasteiger charge is 2.25. The van der Waals surface area contributed by atoms with Crippen molar-refractivity contribution in [1.29, 1.82) is 0 Å². The zero-order chi connectivity index (χ0) is 11.4. The fourth-order valence-electron chi connectivity index (χ4n) is 2.22. The first kappa shape index (κ1) is 11.5. The zero-order valence-corrected chi connectivity index (χ0v) is 9.97. The molecule has 0 aliphatic carbocycles. The number of rotatable bonds is 3. The summed E-state index contributed by atoms with van der Waals surface area (Å²) in [5.74, 6) is 0.660. The van der Waals surface area contributed by atoms with Gasteiger partial charge >= 0.3 is 0 Å². The van der Waals surface area contributed by atoms with Gasteiger partial charge < -0.3 is 4.74 Å². The highest BCUT2D eigenvalue weighted by molar-refractivity contribution is 5.02. The number of ether oxygens (including phenoxy) is 1. The Hall–Kier alpha value is -1.00. The zero-order valence-electron chi connectivity index (χ0n) is 9.97. The lowest BCUT2D eigenvalue weighted by molar-refractivity contribution is -0.00750. The highest BCUT2D eigenvalue weighted by atomic mass is 16.5. The first-order valence-electron chi connectivity index (χ1n) is 5.78. The third kappa shape index (κ3) is 2.77. The van der Waals surface area contributed by atoms with Gasteiger partial charge in [0.2, 0.25) is 0 Å². The van der Waals surface area contributed by atoms with Crippen molar-refractivity contribution in [2.45, 2.75) is 26.0 Å². The Kier molecular flexibility index (Phi) is 3.85. The molecule has 0 saturated carbocycles. The summed E-state index contributed by atoms with van der Waals surface area (Å²) in [5, 5.41) is 0. The van der Waals surface area contributed by atoms with Crippen LogP contribution in [0.25, 0.3) is 0 Å². The van der Waals surface area contributed by atoms with Crippen molar-refractivity contribution in [3.63, 3.8) is 0 Å². The summed E-state index contributed by atoms with van der Waals surface area (Å²) in [7, 11) is 1.80. The monoisotopic (exact) mass is 221 g/mol. The maximum atomic E-state index is 5.50. The molecule has 1 aromatic heterocycles. The number of nitrogens with zero attached hydrogens (tertiary/aromatic N) is 3. The van der Waals surface area contributed by atoms with Crippen molar-refractivity contribution >= 4 is 0 Å². The van der Waals surface area contributed by atoms with Crippen LogP contribution in [0.15, 0.2) is 18.7 Å². The number of likely N-dealkylation sites (tertiary alicyclic amines) is 1. The fraction of sp³-hybridized carbons (Fsp3) is 0.667. The smallest absolute Gasteiger partial charge is 0.115 e. The number of methoxy groups -OCH3 is 1. The van der Waals surface area contributed by atoms with Gasteiger partial charge in [0.05, 0.1) is 6.10 Å². The average molecular weight is 221 g/mol. The van der Waals surface area contributed by atoms with E-state index in [-0.39, 0.29) is 0 Å². The van der Waals surface area contributed by atoms with E-state index in [2.05, 4.69) is 21.8 Å². The Bertz CT molecular complexity index is 317. The van der Waals surface area contributed by atoms with Gasteiger partial charge in [-0.3, -0.25) is 4.90 Å². The van der Waals surface area contributed by atoms with Crippen LogP contribution < -0.4 is 0 Å². The lowest BCUT2D eigenvalue weighted by Crippen LogP contribution is -2.43. The second-order valence-electron chi connectivity index (χ2n) is 4.52. The molecule has 0 unspecified atom stereocenters. The van der Waals surface area contributed by atoms with Crippen molar-refractivity contribution in [2.24, 2.45) is 5.92 Å². The van der Waals surface area contributed by atoms with Crippen molar-refractivity contribution in [2.75, 3.05) is 20.2 Å². The summed E-state index contributed by atoms with van der Waals surface area (Å²) < 4.78 is 5.50. The second-order valence-corrected chi connectivity index (χ2v) is 4.52. The van der Waals surface area contributed by atoms with E-state index in [1.54, 1.807) is 13.4 Å². The molecular formula is C12H19N3O. The third-order valence-corrected chi connectivity index (χ3v) is 3.30. The normalized spacial score (nSPS) is 26.9. The van der Waals surface area contributed by atoms with E-state index in [4.69, 9.17) is 4.74 Å². The van der Waals surface area contributed by atoms with Gasteiger partial charge in [0.15, 0.2) is 0 Å². The molecule has 2 heterocycles. The summed E-state index contributed by atoms with van der Waals surface area (Å²) >= 11 is 0. The molecule has 0 aromatic carbocycles. The van der Waals surface area contributed by atoms with Crippen LogP contribution in [0, 0.1) is 5.92 Å². The molecule has 16 heavy (non-hydrogen) atoms. The molecule has 0 radical (unpaired) electrons. The average Bonchev–Trinajstić information content (AvgIpc) is 2.33. The largest absolute Gasteiger partial charge is 0.380 e. The standard InChI is InChI=1S/C12H19N3O/c1-10-3-4-15(8-12(10)16-2)7-11-5-13-9-14-6-11/h5-6,9-10,12H,3-4,7-8H2,1-2H3/t10-,12+/m0/s1. The minimum absolute atomic E-state index is 0.360. The van der Waals surface area contributed by atoms with Crippen LogP contribution in [0.5, 0.6) is 0 Å². The van der Waals surface area contributed by atoms with E-state index in [1.165, 1.54) is 12.0 Å². The third-order valence-electron chi connectivity index (χ3n) is 3.30. The number of aromatic nitrogens is 2. The summed E-state index contributed by atoms with van der Waals surface area (Å²) in [4.78, 5) is 10.5. The first-order valence-corrected chi connectivity index (χ1v) is 5.78. The quantitative estimate of drug-likeness (QED) is 0.772. The molecule has 1 aromatic rings. The Morgan fingerprint density at radius 2 is 2.19 bits per heavy atom. The van der Waals surface area contributed by atoms with Crippen LogP contribution in [-0.4, -0.2) is 41.2 Å². The molecule has 2 atom stereocenters. The summed E-state index contributed by atoms with van der Waals surface area (Å²) in [6.07, 6.45) is 6.89. The fourth-order valence-corrected chi connectivity index (χ4v) is 2.22. The summed E-state index contributed by atoms with van der Waals surface area (Å²) in [5.41, 5.74) is 1.17. The minimum atomic E-state index is 0.360. The van der Waals surface area contributed by atoms with Crippen LogP contribution in [0.3, 0.4) is 0 Å². The van der Waals surface area contributed by atoms with Crippen molar-refractivity contribution in [1.82, 2.24) is 14.9 Å². The van der Waals surface area contributed by atoms with Gasteiger partial charge in [-0.2, -0.15) is 0 Å². The van der Waals surface area contributed by atoms with Gasteiger partial charge in [-0.15, -0.1) is 0 Å². The van der Waals surface area contributed by atoms with Gasteiger partial charge in [0.25, 0.3) is 0 Å². The molecule has 0 N–H and O–H groups in total. The maximum absolute atomic E-state index is 5.50. The van der Waals surface area contributed by atoms with Crippen LogP contribution in [0.4, 0.5) is 0 Å². The molecule has 88 valence electrons. The van der Waals surface area contributed by atoms with E-state index in [0.717, 1.165) is 19.6 Å². The molecule has 4 heteroatoms. The molecule has 1 saturated heterocycles. The van der Waals surface area contributed by atoms with E-state index in [9.17, 15) is 0 Å². The summed E-state index contributed by atoms with van der Waals surface area (Å²) in [6.45, 7) is 5.33. The predicted molar refractivity (Wildman–Crippen MR) is 61.9 cm³/mol. The van der Waals surface area contributed by atoms with Crippen molar-refractivity contribution in [3.05, 3.63) is 24.3 Å². The van der Waals surface area contributed by atoms with Crippen LogP contribution in [0.1, 0.15) is 18.9 Å². The highest BCUT2D eigenvalue weighted by Crippen LogP contribution is 2.20. The summed E-state index contributed by atoms with van der Waals surface area (Å²) in [6, 6.07) is 0. The Morgan fingerprint density at radius 3 is 2.88 bits per heavy atom. The van der Waals surface area contributed by atoms with Gasteiger partial charge in [-0.1, -0.05) is 6.92 Å². The Balaban J connectivity index is 1.92. The number of piperidine rings is 1. The maximum Gasteiger partial charge on any atom is 0.115 e. The van der Waals surface area contributed by atoms with Gasteiger partial charge in [0.1, 0.15) is 6.33 Å². The molecule has 0 bridgehead atoms. The van der Waals surface area contributed by atoms with Gasteiger partial charge in [-0.05, 0) is 18.9 Å². The van der Waals surface area contributed by atoms with Gasteiger partial charge in [0, 0.05) is 38.2 Å². The molecule has 2 rings (SSSR count). The molecular weight excluding hydrogens is 202 g/mol. The van der Waals surface area contributed by atoms with Crippen LogP contribution >= 0.6 is 0 Å². The SMILES string of the molecule is CO[C@@H]1CN(Cc2cncnc2)CC[C@@H]1C. The van der Waals surface area contributed by atoms with Gasteiger partial charge in [-0.25, -0.2) is 9.97 Å². The lowest BCUT2D eigenvalue weighted by atomic mass is 9.95. The predicted octanol–water partition coefficient (Wildman–Crippen LogP) is 1.33. The molecule has 0 spiro atoms. The van der Waals surface area contributed by atoms with E-state index in [0.29, 0.717) is 12.0 Å². The Morgan fingerprint density at radius 1 is 1.44 bits per heavy atom. The van der Waals surface area contributed by atoms with Crippen molar-refractivity contribution in [3.8, 4) is 0 Å². The first-order chi connectivity index (χ1) is 7.79. The lowest BCUT2D eigenvalue weighted by Gasteiger charge is -2.36. The molecule has 1 aliphatic rings. The van der Waals surface area contributed by atoms with Crippen LogP contribution in [-0.2, 0) is 11.3 Å². The minimum Gasteiger partial charge on any atom is -0.380 e. The second kappa shape index (κ2) is 5.37. The van der Waals surface area contributed by atoms with Crippen molar-refractivity contribution < 1.29 is 4.74 Å².